The van der Waals surface area contributed by atoms with Crippen molar-refractivity contribution in [3.8, 4) is 0 Å². The first-order valence-electron chi connectivity index (χ1n) is 22.2. The minimum absolute atomic E-state index is 0.0490. The van der Waals surface area contributed by atoms with Gasteiger partial charge in [0.15, 0.2) is 0 Å². The molecule has 0 saturated carbocycles. The van der Waals surface area contributed by atoms with Crippen LogP contribution in [0.3, 0.4) is 0 Å². The molecule has 0 aliphatic carbocycles. The summed E-state index contributed by atoms with van der Waals surface area (Å²) in [5.41, 5.74) is 0.467. The summed E-state index contributed by atoms with van der Waals surface area (Å²) in [7, 11) is 0. The molecule has 0 radical (unpaired) electrons. The number of rotatable bonds is 32. The standard InChI is InChI=1S/C40H65N11O18/c52-31(24-46-12-14-47(25-35(58)59)16-18-49(27-37(62)63)19-17-48(15-13-46)26-36(60)61)41-9-21-69-22-20-51-23-28(44-45-51)4-6-32(53)50(11-8-34(56)57)10-2-1-3-29(38(64)65)42-40(68)43-30(39(66)67)5-7-33(54)55/h23,29-30H,1-22,24-27H2,(H,41,52)(H,54,55)(H,56,57)(H,58,59)(H,60,61)(H,62,63)(H,64,65)(H,66,67)(H2,42,43,68)/t29-,30-/m0/s1. The molecule has 2 atom stereocenters. The molecule has 0 aromatic carbocycles. The number of carbonyl (C=O) groups is 10. The van der Waals surface area contributed by atoms with Crippen LogP contribution in [0.5, 0.6) is 0 Å². The van der Waals surface area contributed by atoms with Crippen LogP contribution in [0.25, 0.3) is 0 Å². The van der Waals surface area contributed by atoms with E-state index in [-0.39, 0.29) is 168 Å². The predicted octanol–water partition coefficient (Wildman–Crippen LogP) is -3.64. The van der Waals surface area contributed by atoms with Crippen molar-refractivity contribution in [1.82, 2.24) is 55.4 Å². The molecule has 1 aliphatic heterocycles. The van der Waals surface area contributed by atoms with Gasteiger partial charge in [0.2, 0.25) is 11.8 Å². The number of carbonyl (C=O) groups excluding carboxylic acids is 3. The fraction of sp³-hybridized carbons (Fsp3) is 0.700. The van der Waals surface area contributed by atoms with Crippen LogP contribution in [0.1, 0.15) is 50.6 Å². The number of aromatic nitrogens is 3. The summed E-state index contributed by atoms with van der Waals surface area (Å²) in [5, 5.41) is 80.1. The zero-order valence-electron chi connectivity index (χ0n) is 38.3. The first kappa shape index (κ1) is 58.6. The Morgan fingerprint density at radius 2 is 1.09 bits per heavy atom. The van der Waals surface area contributed by atoms with Crippen molar-refractivity contribution in [3.63, 3.8) is 0 Å². The van der Waals surface area contributed by atoms with E-state index in [1.807, 2.05) is 5.32 Å². The monoisotopic (exact) mass is 987 g/mol. The van der Waals surface area contributed by atoms with E-state index in [1.54, 1.807) is 25.8 Å². The predicted molar refractivity (Wildman–Crippen MR) is 235 cm³/mol. The van der Waals surface area contributed by atoms with Gasteiger partial charge in [0.1, 0.15) is 12.1 Å². The molecule has 10 N–H and O–H groups in total. The molecule has 29 nitrogen and oxygen atoms in total. The number of aliphatic carboxylic acids is 7. The quantitative estimate of drug-likeness (QED) is 0.0311. The van der Waals surface area contributed by atoms with Crippen LogP contribution in [-0.4, -0.2) is 258 Å². The largest absolute Gasteiger partial charge is 0.481 e. The Kier molecular flexibility index (Phi) is 27.4. The molecule has 2 heterocycles. The second kappa shape index (κ2) is 32.2. The van der Waals surface area contributed by atoms with Crippen LogP contribution in [0.15, 0.2) is 6.20 Å². The highest BCUT2D eigenvalue weighted by Crippen LogP contribution is 2.09. The van der Waals surface area contributed by atoms with Crippen molar-refractivity contribution in [3.05, 3.63) is 11.9 Å². The Hall–Kier alpha value is -6.56. The normalized spacial score (nSPS) is 15.4. The molecule has 1 aliphatic rings. The van der Waals surface area contributed by atoms with Gasteiger partial charge in [-0.2, -0.15) is 0 Å². The summed E-state index contributed by atoms with van der Waals surface area (Å²) in [4.78, 5) is 126. The van der Waals surface area contributed by atoms with E-state index in [0.717, 1.165) is 0 Å². The maximum atomic E-state index is 13.1. The number of urea groups is 1. The summed E-state index contributed by atoms with van der Waals surface area (Å²) in [6.07, 6.45) is 0.688. The van der Waals surface area contributed by atoms with Crippen LogP contribution in [0.2, 0.25) is 0 Å². The van der Waals surface area contributed by atoms with Gasteiger partial charge in [0.05, 0.1) is 58.1 Å². The van der Waals surface area contributed by atoms with E-state index in [1.165, 1.54) is 9.58 Å². The molecule has 69 heavy (non-hydrogen) atoms. The molecule has 29 heteroatoms. The third-order valence-corrected chi connectivity index (χ3v) is 10.6. The number of nitrogens with one attached hydrogen (secondary N) is 3. The third-order valence-electron chi connectivity index (χ3n) is 10.6. The second-order valence-electron chi connectivity index (χ2n) is 16.1. The van der Waals surface area contributed by atoms with Gasteiger partial charge in [-0.15, -0.1) is 5.10 Å². The summed E-state index contributed by atoms with van der Waals surface area (Å²) in [5.74, 6) is -9.24. The molecule has 0 spiro atoms. The van der Waals surface area contributed by atoms with Crippen molar-refractivity contribution in [2.24, 2.45) is 0 Å². The average Bonchev–Trinajstić information content (AvgIpc) is 3.72. The zero-order chi connectivity index (χ0) is 51.3. The summed E-state index contributed by atoms with van der Waals surface area (Å²) in [6, 6.07) is -4.14. The van der Waals surface area contributed by atoms with E-state index in [4.69, 9.17) is 9.84 Å². The van der Waals surface area contributed by atoms with Gasteiger partial charge in [0, 0.05) is 97.5 Å². The fourth-order valence-electron chi connectivity index (χ4n) is 6.91. The Bertz CT molecular complexity index is 1840. The molecular weight excluding hydrogens is 922 g/mol. The first-order valence-corrected chi connectivity index (χ1v) is 22.2. The number of nitrogens with zero attached hydrogens (tertiary/aromatic N) is 8. The average molecular weight is 988 g/mol. The van der Waals surface area contributed by atoms with Crippen molar-refractivity contribution in [2.45, 2.75) is 70.0 Å². The highest BCUT2D eigenvalue weighted by atomic mass is 16.5. The number of ether oxygens (including phenoxy) is 1. The Morgan fingerprint density at radius 1 is 0.594 bits per heavy atom. The molecule has 1 aromatic rings. The number of unbranched alkanes of at least 4 members (excludes halogenated alkanes) is 1. The maximum Gasteiger partial charge on any atom is 0.326 e. The number of hydrogen-bond acceptors (Lipinski definition) is 17. The van der Waals surface area contributed by atoms with E-state index in [0.29, 0.717) is 5.69 Å². The number of hydrogen-bond donors (Lipinski definition) is 10. The molecule has 1 fully saturated rings. The number of aryl methyl sites for hydroxylation is 1. The lowest BCUT2D eigenvalue weighted by atomic mass is 10.1. The molecular formula is C40H65N11O18. The number of carboxylic acids is 7. The molecule has 1 aromatic heterocycles. The van der Waals surface area contributed by atoms with Crippen molar-refractivity contribution >= 4 is 59.6 Å². The molecule has 0 unspecified atom stereocenters. The van der Waals surface area contributed by atoms with E-state index >= 15 is 0 Å². The molecule has 1 saturated heterocycles. The van der Waals surface area contributed by atoms with E-state index in [9.17, 15) is 78.6 Å². The van der Waals surface area contributed by atoms with Crippen molar-refractivity contribution in [1.29, 1.82) is 0 Å². The van der Waals surface area contributed by atoms with Crippen LogP contribution in [0.4, 0.5) is 4.79 Å². The Labute approximate surface area is 396 Å². The minimum Gasteiger partial charge on any atom is -0.481 e. The third kappa shape index (κ3) is 27.1. The topological polar surface area (TPSA) is 405 Å². The number of amides is 4. The Morgan fingerprint density at radius 3 is 1.57 bits per heavy atom. The lowest BCUT2D eigenvalue weighted by molar-refractivity contribution is -0.141. The van der Waals surface area contributed by atoms with Gasteiger partial charge >= 0.3 is 47.8 Å². The molecule has 388 valence electrons. The highest BCUT2D eigenvalue weighted by Gasteiger charge is 2.26. The van der Waals surface area contributed by atoms with Gasteiger partial charge in [-0.3, -0.25) is 53.2 Å². The van der Waals surface area contributed by atoms with E-state index < -0.39 is 72.7 Å². The highest BCUT2D eigenvalue weighted by molar-refractivity contribution is 5.86. The summed E-state index contributed by atoms with van der Waals surface area (Å²) >= 11 is 0. The maximum absolute atomic E-state index is 13.1. The van der Waals surface area contributed by atoms with Gasteiger partial charge in [-0.25, -0.2) is 19.1 Å². The van der Waals surface area contributed by atoms with Crippen LogP contribution >= 0.6 is 0 Å². The fourth-order valence-corrected chi connectivity index (χ4v) is 6.91. The lowest BCUT2D eigenvalue weighted by Gasteiger charge is -2.32. The molecule has 2 rings (SSSR count). The number of carboxylic acid groups (broad SMARTS) is 7. The first-order chi connectivity index (χ1) is 32.7. The second-order valence-corrected chi connectivity index (χ2v) is 16.1. The zero-order valence-corrected chi connectivity index (χ0v) is 38.3. The SMILES string of the molecule is O=C(O)CC[C@H](NC(=O)N[C@@H](CCCCN(CCC(=O)O)C(=O)CCc1cn(CCOCCNC(=O)CN2CCN(CC(=O)O)CCN(CC(=O)O)CCN(CC(=O)O)CC2)nn1)C(=O)O)C(=O)O. The van der Waals surface area contributed by atoms with E-state index in [2.05, 4.69) is 20.9 Å². The van der Waals surface area contributed by atoms with Gasteiger partial charge < -0.3 is 61.3 Å². The van der Waals surface area contributed by atoms with Gasteiger partial charge in [-0.05, 0) is 25.7 Å². The van der Waals surface area contributed by atoms with Gasteiger partial charge in [0.25, 0.3) is 0 Å². The lowest BCUT2D eigenvalue weighted by Crippen LogP contribution is -2.51. The van der Waals surface area contributed by atoms with Gasteiger partial charge in [-0.1, -0.05) is 5.21 Å². The smallest absolute Gasteiger partial charge is 0.326 e. The summed E-state index contributed by atoms with van der Waals surface area (Å²) in [6.45, 7) is 1.91. The van der Waals surface area contributed by atoms with Crippen LogP contribution in [0, 0.1) is 0 Å². The molecule has 0 bridgehead atoms. The summed E-state index contributed by atoms with van der Waals surface area (Å²) < 4.78 is 7.13. The minimum atomic E-state index is -1.57. The van der Waals surface area contributed by atoms with Crippen LogP contribution in [-0.2, 0) is 60.9 Å². The molecule has 4 amide bonds. The Balaban J connectivity index is 1.81. The van der Waals surface area contributed by atoms with Crippen molar-refractivity contribution in [2.75, 3.05) is 111 Å². The van der Waals surface area contributed by atoms with Crippen molar-refractivity contribution < 1.29 is 88.4 Å². The van der Waals surface area contributed by atoms with Crippen LogP contribution < -0.4 is 16.0 Å².